The van der Waals surface area contributed by atoms with Crippen molar-refractivity contribution in [3.63, 3.8) is 0 Å². The highest BCUT2D eigenvalue weighted by atomic mass is 16.5. The van der Waals surface area contributed by atoms with Gasteiger partial charge >= 0.3 is 0 Å². The molecule has 0 aromatic carbocycles. The Balaban J connectivity index is 1.63. The lowest BCUT2D eigenvalue weighted by molar-refractivity contribution is -0.181. The van der Waals surface area contributed by atoms with Crippen LogP contribution in [0.25, 0.3) is 0 Å². The molecule has 3 rings (SSSR count). The Bertz CT molecular complexity index is 324. The number of morpholine rings is 1. The number of ether oxygens (including phenoxy) is 1. The van der Waals surface area contributed by atoms with Crippen LogP contribution in [0.1, 0.15) is 47.0 Å². The van der Waals surface area contributed by atoms with Crippen LogP contribution in [0.2, 0.25) is 0 Å². The molecule has 0 aromatic rings. The molecule has 3 atom stereocenters. The van der Waals surface area contributed by atoms with Crippen molar-refractivity contribution in [3.05, 3.63) is 0 Å². The lowest BCUT2D eigenvalue weighted by atomic mass is 9.92. The molecule has 110 valence electrons. The maximum atomic E-state index is 6.18. The van der Waals surface area contributed by atoms with E-state index in [0.29, 0.717) is 0 Å². The summed E-state index contributed by atoms with van der Waals surface area (Å²) in [6.45, 7) is 13.5. The van der Waals surface area contributed by atoms with Gasteiger partial charge in [0.05, 0.1) is 11.2 Å². The summed E-state index contributed by atoms with van der Waals surface area (Å²) in [6, 6.07) is 0.720. The van der Waals surface area contributed by atoms with Crippen LogP contribution >= 0.6 is 0 Å². The molecule has 0 bridgehead atoms. The van der Waals surface area contributed by atoms with E-state index in [1.807, 2.05) is 0 Å². The quantitative estimate of drug-likeness (QED) is 0.830. The molecule has 3 heteroatoms. The molecule has 19 heavy (non-hydrogen) atoms. The SMILES string of the molecule is CC1(C)CN(CC2NCC3CCCC32)CC(C)(C)O1. The molecule has 2 heterocycles. The monoisotopic (exact) mass is 266 g/mol. The van der Waals surface area contributed by atoms with E-state index in [-0.39, 0.29) is 11.2 Å². The van der Waals surface area contributed by atoms with E-state index in [1.165, 1.54) is 32.4 Å². The van der Waals surface area contributed by atoms with E-state index in [9.17, 15) is 0 Å². The number of nitrogens with zero attached hydrogens (tertiary/aromatic N) is 1. The van der Waals surface area contributed by atoms with E-state index in [1.54, 1.807) is 0 Å². The Kier molecular flexibility index (Phi) is 3.43. The zero-order chi connectivity index (χ0) is 13.7. The highest BCUT2D eigenvalue weighted by molar-refractivity contribution is 4.97. The van der Waals surface area contributed by atoms with Gasteiger partial charge in [0.2, 0.25) is 0 Å². The van der Waals surface area contributed by atoms with Gasteiger partial charge in [0.25, 0.3) is 0 Å². The first-order chi connectivity index (χ1) is 8.85. The first-order valence-corrected chi connectivity index (χ1v) is 8.01. The predicted octanol–water partition coefficient (Wildman–Crippen LogP) is 2.26. The highest BCUT2D eigenvalue weighted by Gasteiger charge is 2.43. The van der Waals surface area contributed by atoms with Gasteiger partial charge in [0, 0.05) is 25.7 Å². The zero-order valence-corrected chi connectivity index (χ0v) is 13.0. The molecule has 3 fully saturated rings. The van der Waals surface area contributed by atoms with Gasteiger partial charge in [-0.3, -0.25) is 4.90 Å². The maximum Gasteiger partial charge on any atom is 0.0760 e. The molecular weight excluding hydrogens is 236 g/mol. The summed E-state index contributed by atoms with van der Waals surface area (Å²) < 4.78 is 6.18. The number of rotatable bonds is 2. The van der Waals surface area contributed by atoms with Gasteiger partial charge in [-0.2, -0.15) is 0 Å². The smallest absolute Gasteiger partial charge is 0.0760 e. The van der Waals surface area contributed by atoms with Crippen LogP contribution in [-0.2, 0) is 4.74 Å². The molecule has 1 saturated carbocycles. The summed E-state index contributed by atoms with van der Waals surface area (Å²) in [5.41, 5.74) is -0.0368. The number of hydrogen-bond donors (Lipinski definition) is 1. The fraction of sp³-hybridized carbons (Fsp3) is 1.00. The van der Waals surface area contributed by atoms with Gasteiger partial charge in [-0.15, -0.1) is 0 Å². The minimum Gasteiger partial charge on any atom is -0.367 e. The first kappa shape index (κ1) is 13.8. The summed E-state index contributed by atoms with van der Waals surface area (Å²) >= 11 is 0. The standard InChI is InChI=1S/C16H30N2O/c1-15(2)10-18(11-16(3,4)19-15)9-14-13-7-5-6-12(13)8-17-14/h12-14,17H,5-11H2,1-4H3. The van der Waals surface area contributed by atoms with Crippen molar-refractivity contribution >= 4 is 0 Å². The van der Waals surface area contributed by atoms with E-state index in [2.05, 4.69) is 37.9 Å². The molecule has 3 nitrogen and oxygen atoms in total. The lowest BCUT2D eigenvalue weighted by Gasteiger charge is -2.48. The third-order valence-corrected chi connectivity index (χ3v) is 5.09. The summed E-state index contributed by atoms with van der Waals surface area (Å²) in [7, 11) is 0. The van der Waals surface area contributed by atoms with Crippen LogP contribution in [-0.4, -0.2) is 48.3 Å². The molecule has 1 N–H and O–H groups in total. The minimum absolute atomic E-state index is 0.0184. The lowest BCUT2D eigenvalue weighted by Crippen LogP contribution is -2.59. The molecule has 0 amide bonds. The van der Waals surface area contributed by atoms with Crippen LogP contribution in [0, 0.1) is 11.8 Å². The van der Waals surface area contributed by atoms with Crippen LogP contribution in [0.4, 0.5) is 0 Å². The molecule has 2 aliphatic heterocycles. The van der Waals surface area contributed by atoms with Crippen LogP contribution < -0.4 is 5.32 Å². The second kappa shape index (κ2) is 4.71. The van der Waals surface area contributed by atoms with E-state index < -0.39 is 0 Å². The predicted molar refractivity (Wildman–Crippen MR) is 78.3 cm³/mol. The Labute approximate surface area is 118 Å². The third kappa shape index (κ3) is 2.98. The minimum atomic E-state index is -0.0184. The second-order valence-corrected chi connectivity index (χ2v) is 8.16. The Morgan fingerprint density at radius 1 is 1.11 bits per heavy atom. The number of hydrogen-bond acceptors (Lipinski definition) is 3. The average Bonchev–Trinajstić information content (AvgIpc) is 2.77. The zero-order valence-electron chi connectivity index (χ0n) is 13.0. The van der Waals surface area contributed by atoms with Gasteiger partial charge in [0.15, 0.2) is 0 Å². The van der Waals surface area contributed by atoms with Gasteiger partial charge in [-0.25, -0.2) is 0 Å². The van der Waals surface area contributed by atoms with Gasteiger partial charge in [-0.05, 0) is 58.9 Å². The molecule has 0 aromatic heterocycles. The van der Waals surface area contributed by atoms with Crippen molar-refractivity contribution in [2.24, 2.45) is 11.8 Å². The summed E-state index contributed by atoms with van der Waals surface area (Å²) in [5, 5.41) is 3.78. The van der Waals surface area contributed by atoms with Crippen molar-refractivity contribution in [1.29, 1.82) is 0 Å². The van der Waals surface area contributed by atoms with Gasteiger partial charge < -0.3 is 10.1 Å². The molecule has 3 unspecified atom stereocenters. The first-order valence-electron chi connectivity index (χ1n) is 8.01. The van der Waals surface area contributed by atoms with Crippen molar-refractivity contribution in [2.75, 3.05) is 26.2 Å². The van der Waals surface area contributed by atoms with Crippen molar-refractivity contribution < 1.29 is 4.74 Å². The van der Waals surface area contributed by atoms with Crippen molar-refractivity contribution in [1.82, 2.24) is 10.2 Å². The van der Waals surface area contributed by atoms with E-state index in [4.69, 9.17) is 4.74 Å². The van der Waals surface area contributed by atoms with Crippen molar-refractivity contribution in [2.45, 2.75) is 64.2 Å². The molecule has 1 aliphatic carbocycles. The molecule has 2 saturated heterocycles. The van der Waals surface area contributed by atoms with Crippen LogP contribution in [0.5, 0.6) is 0 Å². The van der Waals surface area contributed by atoms with Crippen molar-refractivity contribution in [3.8, 4) is 0 Å². The Hall–Kier alpha value is -0.120. The summed E-state index contributed by atoms with van der Waals surface area (Å²) in [6.07, 6.45) is 4.35. The highest BCUT2D eigenvalue weighted by Crippen LogP contribution is 2.38. The molecule has 3 aliphatic rings. The third-order valence-electron chi connectivity index (χ3n) is 5.09. The molecule has 0 spiro atoms. The topological polar surface area (TPSA) is 24.5 Å². The molecule has 0 radical (unpaired) electrons. The fourth-order valence-corrected chi connectivity index (χ4v) is 4.86. The fourth-order valence-electron chi connectivity index (χ4n) is 4.86. The molecular formula is C16H30N2O. The number of nitrogens with one attached hydrogen (secondary N) is 1. The largest absolute Gasteiger partial charge is 0.367 e. The normalized spacial score (nSPS) is 41.4. The van der Waals surface area contributed by atoms with Gasteiger partial charge in [0.1, 0.15) is 0 Å². The van der Waals surface area contributed by atoms with E-state index in [0.717, 1.165) is 31.0 Å². The van der Waals surface area contributed by atoms with Crippen LogP contribution in [0.3, 0.4) is 0 Å². The average molecular weight is 266 g/mol. The Morgan fingerprint density at radius 2 is 1.79 bits per heavy atom. The number of fused-ring (bicyclic) bond motifs is 1. The second-order valence-electron chi connectivity index (χ2n) is 8.16. The van der Waals surface area contributed by atoms with Crippen LogP contribution in [0.15, 0.2) is 0 Å². The Morgan fingerprint density at radius 3 is 2.47 bits per heavy atom. The summed E-state index contributed by atoms with van der Waals surface area (Å²) in [5.74, 6) is 1.90. The van der Waals surface area contributed by atoms with Gasteiger partial charge in [-0.1, -0.05) is 6.42 Å². The van der Waals surface area contributed by atoms with E-state index >= 15 is 0 Å². The maximum absolute atomic E-state index is 6.18. The summed E-state index contributed by atoms with van der Waals surface area (Å²) in [4.78, 5) is 2.63.